The normalized spacial score (nSPS) is 10.4. The number of thioether (sulfide) groups is 1. The van der Waals surface area contributed by atoms with Crippen LogP contribution in [0.5, 0.6) is 0 Å². The number of hydrogen-bond acceptors (Lipinski definition) is 5. The van der Waals surface area contributed by atoms with Gasteiger partial charge in [-0.1, -0.05) is 6.92 Å². The van der Waals surface area contributed by atoms with Crippen LogP contribution in [0.3, 0.4) is 0 Å². The van der Waals surface area contributed by atoms with E-state index in [2.05, 4.69) is 32.4 Å². The maximum Gasteiger partial charge on any atom is 0.230 e. The Morgan fingerprint density at radius 1 is 1.40 bits per heavy atom. The van der Waals surface area contributed by atoms with Crippen molar-refractivity contribution in [2.75, 3.05) is 11.5 Å². The molecule has 0 aliphatic heterocycles. The molecule has 2 heterocycles. The molecule has 0 saturated carbocycles. The summed E-state index contributed by atoms with van der Waals surface area (Å²) in [5.41, 5.74) is 0.896. The third-order valence-corrected chi connectivity index (χ3v) is 3.67. The fourth-order valence-electron chi connectivity index (χ4n) is 1.55. The van der Waals surface area contributed by atoms with Crippen LogP contribution in [0.2, 0.25) is 0 Å². The van der Waals surface area contributed by atoms with Gasteiger partial charge in [0, 0.05) is 18.0 Å². The fourth-order valence-corrected chi connectivity index (χ4v) is 2.27. The number of H-pyrrole nitrogens is 1. The van der Waals surface area contributed by atoms with Crippen molar-refractivity contribution in [3.05, 3.63) is 30.4 Å². The van der Waals surface area contributed by atoms with E-state index in [-0.39, 0.29) is 5.91 Å². The molecule has 7 heteroatoms. The third kappa shape index (κ3) is 4.34. The molecule has 2 aromatic heterocycles. The topological polar surface area (TPSA) is 83.6 Å². The van der Waals surface area contributed by atoms with Crippen molar-refractivity contribution in [2.24, 2.45) is 0 Å². The number of carbonyl (C=O) groups excluding carboxylic acids is 1. The number of pyridine rings is 1. The van der Waals surface area contributed by atoms with Crippen LogP contribution in [0.25, 0.3) is 11.4 Å². The quantitative estimate of drug-likeness (QED) is 0.757. The fraction of sp³-hybridized carbons (Fsp3) is 0.385. The predicted octanol–water partition coefficient (Wildman–Crippen LogP) is 1.63. The van der Waals surface area contributed by atoms with E-state index in [9.17, 15) is 4.79 Å². The predicted molar refractivity (Wildman–Crippen MR) is 79.1 cm³/mol. The molecule has 1 amide bonds. The minimum atomic E-state index is 0.0188. The Morgan fingerprint density at radius 2 is 2.20 bits per heavy atom. The van der Waals surface area contributed by atoms with E-state index >= 15 is 0 Å². The number of nitrogens with zero attached hydrogens (tertiary/aromatic N) is 3. The van der Waals surface area contributed by atoms with Crippen molar-refractivity contribution in [1.29, 1.82) is 0 Å². The van der Waals surface area contributed by atoms with Gasteiger partial charge in [0.05, 0.1) is 12.3 Å². The van der Waals surface area contributed by atoms with Crippen LogP contribution in [-0.2, 0) is 11.3 Å². The van der Waals surface area contributed by atoms with Gasteiger partial charge < -0.3 is 5.32 Å². The maximum atomic E-state index is 11.6. The molecule has 0 unspecified atom stereocenters. The van der Waals surface area contributed by atoms with E-state index in [0.29, 0.717) is 23.9 Å². The molecular formula is C13H17N5OS. The van der Waals surface area contributed by atoms with Gasteiger partial charge in [-0.15, -0.1) is 0 Å². The second-order valence-corrected chi connectivity index (χ2v) is 5.28. The lowest BCUT2D eigenvalue weighted by Gasteiger charge is -2.01. The number of rotatable bonds is 7. The SMILES string of the molecule is CCCSCC(=O)NCc1nc(-c2ccncc2)n[nH]1. The minimum absolute atomic E-state index is 0.0188. The summed E-state index contributed by atoms with van der Waals surface area (Å²) in [6, 6.07) is 3.68. The second kappa shape index (κ2) is 7.64. The molecule has 0 fully saturated rings. The molecule has 0 saturated heterocycles. The van der Waals surface area contributed by atoms with Gasteiger partial charge >= 0.3 is 0 Å². The highest BCUT2D eigenvalue weighted by molar-refractivity contribution is 7.99. The summed E-state index contributed by atoms with van der Waals surface area (Å²) >= 11 is 1.63. The molecule has 6 nitrogen and oxygen atoms in total. The van der Waals surface area contributed by atoms with Gasteiger partial charge in [-0.3, -0.25) is 14.9 Å². The van der Waals surface area contributed by atoms with Gasteiger partial charge in [-0.2, -0.15) is 16.9 Å². The summed E-state index contributed by atoms with van der Waals surface area (Å²) in [7, 11) is 0. The largest absolute Gasteiger partial charge is 0.348 e. The van der Waals surface area contributed by atoms with E-state index < -0.39 is 0 Å². The Morgan fingerprint density at radius 3 is 2.95 bits per heavy atom. The summed E-state index contributed by atoms with van der Waals surface area (Å²) < 4.78 is 0. The minimum Gasteiger partial charge on any atom is -0.348 e. The van der Waals surface area contributed by atoms with Crippen molar-refractivity contribution in [3.63, 3.8) is 0 Å². The van der Waals surface area contributed by atoms with Gasteiger partial charge in [-0.05, 0) is 24.3 Å². The van der Waals surface area contributed by atoms with E-state index in [1.54, 1.807) is 24.2 Å². The molecule has 2 aromatic rings. The van der Waals surface area contributed by atoms with E-state index in [1.807, 2.05) is 12.1 Å². The Hall–Kier alpha value is -1.89. The zero-order valence-corrected chi connectivity index (χ0v) is 12.1. The molecule has 0 aliphatic rings. The molecule has 106 valence electrons. The van der Waals surface area contributed by atoms with Gasteiger partial charge in [0.1, 0.15) is 5.82 Å². The molecular weight excluding hydrogens is 274 g/mol. The van der Waals surface area contributed by atoms with Crippen LogP contribution in [-0.4, -0.2) is 37.6 Å². The van der Waals surface area contributed by atoms with Crippen LogP contribution in [0.1, 0.15) is 19.2 Å². The highest BCUT2D eigenvalue weighted by atomic mass is 32.2. The van der Waals surface area contributed by atoms with Crippen molar-refractivity contribution >= 4 is 17.7 Å². The van der Waals surface area contributed by atoms with Crippen molar-refractivity contribution in [1.82, 2.24) is 25.5 Å². The molecule has 2 rings (SSSR count). The Balaban J connectivity index is 1.83. The van der Waals surface area contributed by atoms with Gasteiger partial charge in [-0.25, -0.2) is 4.98 Å². The van der Waals surface area contributed by atoms with E-state index in [4.69, 9.17) is 0 Å². The van der Waals surface area contributed by atoms with Crippen LogP contribution in [0, 0.1) is 0 Å². The molecule has 0 aliphatic carbocycles. The average Bonchev–Trinajstić information content (AvgIpc) is 2.95. The lowest BCUT2D eigenvalue weighted by Crippen LogP contribution is -2.25. The highest BCUT2D eigenvalue weighted by Crippen LogP contribution is 2.12. The molecule has 0 atom stereocenters. The summed E-state index contributed by atoms with van der Waals surface area (Å²) in [5, 5.41) is 9.76. The average molecular weight is 291 g/mol. The number of amides is 1. The number of nitrogens with one attached hydrogen (secondary N) is 2. The molecule has 0 radical (unpaired) electrons. The Labute approximate surface area is 121 Å². The molecule has 20 heavy (non-hydrogen) atoms. The molecule has 2 N–H and O–H groups in total. The zero-order chi connectivity index (χ0) is 14.2. The first-order valence-electron chi connectivity index (χ1n) is 6.45. The smallest absolute Gasteiger partial charge is 0.230 e. The van der Waals surface area contributed by atoms with Crippen LogP contribution >= 0.6 is 11.8 Å². The zero-order valence-electron chi connectivity index (χ0n) is 11.3. The van der Waals surface area contributed by atoms with E-state index in [1.165, 1.54) is 0 Å². The second-order valence-electron chi connectivity index (χ2n) is 4.17. The summed E-state index contributed by atoms with van der Waals surface area (Å²) in [4.78, 5) is 19.8. The maximum absolute atomic E-state index is 11.6. The number of hydrogen-bond donors (Lipinski definition) is 2. The Kier molecular flexibility index (Phi) is 5.55. The van der Waals surface area contributed by atoms with Crippen LogP contribution < -0.4 is 5.32 Å². The van der Waals surface area contributed by atoms with Gasteiger partial charge in [0.2, 0.25) is 5.91 Å². The number of carbonyl (C=O) groups is 1. The molecule has 0 aromatic carbocycles. The van der Waals surface area contributed by atoms with Crippen molar-refractivity contribution in [3.8, 4) is 11.4 Å². The molecule has 0 bridgehead atoms. The van der Waals surface area contributed by atoms with E-state index in [0.717, 1.165) is 17.7 Å². The van der Waals surface area contributed by atoms with Gasteiger partial charge in [0.25, 0.3) is 0 Å². The van der Waals surface area contributed by atoms with Gasteiger partial charge in [0.15, 0.2) is 5.82 Å². The molecule has 0 spiro atoms. The number of aromatic nitrogens is 4. The van der Waals surface area contributed by atoms with Crippen LogP contribution in [0.15, 0.2) is 24.5 Å². The first-order valence-corrected chi connectivity index (χ1v) is 7.61. The van der Waals surface area contributed by atoms with Crippen molar-refractivity contribution in [2.45, 2.75) is 19.9 Å². The summed E-state index contributed by atoms with van der Waals surface area (Å²) in [6.45, 7) is 2.46. The van der Waals surface area contributed by atoms with Crippen LogP contribution in [0.4, 0.5) is 0 Å². The standard InChI is InChI=1S/C13H17N5OS/c1-2-7-20-9-12(19)15-8-11-16-13(18-17-11)10-3-5-14-6-4-10/h3-6H,2,7-9H2,1H3,(H,15,19)(H,16,17,18). The number of aromatic amines is 1. The lowest BCUT2D eigenvalue weighted by atomic mass is 10.2. The highest BCUT2D eigenvalue weighted by Gasteiger charge is 2.07. The lowest BCUT2D eigenvalue weighted by molar-refractivity contribution is -0.118. The third-order valence-electron chi connectivity index (χ3n) is 2.50. The Bertz CT molecular complexity index is 543. The summed E-state index contributed by atoms with van der Waals surface area (Å²) in [5.74, 6) is 2.76. The monoisotopic (exact) mass is 291 g/mol. The first kappa shape index (κ1) is 14.5. The summed E-state index contributed by atoms with van der Waals surface area (Å²) in [6.07, 6.45) is 4.46. The first-order chi connectivity index (χ1) is 9.79. The van der Waals surface area contributed by atoms with Crippen molar-refractivity contribution < 1.29 is 4.79 Å².